The van der Waals surface area contributed by atoms with Crippen LogP contribution in [0.2, 0.25) is 13.1 Å². The van der Waals surface area contributed by atoms with Gasteiger partial charge in [0, 0.05) is 0 Å². The van der Waals surface area contributed by atoms with Crippen LogP contribution in [0.5, 0.6) is 0 Å². The first-order chi connectivity index (χ1) is 6.64. The molecule has 0 aliphatic rings. The van der Waals surface area contributed by atoms with Crippen LogP contribution in [0.1, 0.15) is 18.9 Å². The van der Waals surface area contributed by atoms with Crippen LogP contribution in [0, 0.1) is 0 Å². The van der Waals surface area contributed by atoms with E-state index in [-0.39, 0.29) is 0 Å². The van der Waals surface area contributed by atoms with Crippen LogP contribution in [-0.4, -0.2) is 8.07 Å². The Morgan fingerprint density at radius 2 is 1.79 bits per heavy atom. The molecule has 0 saturated carbocycles. The Bertz CT molecular complexity index is 285. The highest BCUT2D eigenvalue weighted by Gasteiger charge is 2.16. The topological polar surface area (TPSA) is 0 Å². The maximum absolute atomic E-state index is 2.46. The van der Waals surface area contributed by atoms with Crippen molar-refractivity contribution in [1.82, 2.24) is 0 Å². The van der Waals surface area contributed by atoms with E-state index in [1.807, 2.05) is 0 Å². The Morgan fingerprint density at radius 1 is 1.14 bits per heavy atom. The molecule has 0 spiro atoms. The molecule has 0 atom stereocenters. The van der Waals surface area contributed by atoms with Crippen LogP contribution >= 0.6 is 0 Å². The van der Waals surface area contributed by atoms with Crippen molar-refractivity contribution in [2.45, 2.75) is 32.5 Å². The van der Waals surface area contributed by atoms with Gasteiger partial charge >= 0.3 is 0 Å². The summed E-state index contributed by atoms with van der Waals surface area (Å²) < 4.78 is 0. The second kappa shape index (κ2) is 5.16. The van der Waals surface area contributed by atoms with E-state index in [1.54, 1.807) is 0 Å². The first-order valence-electron chi connectivity index (χ1n) is 5.36. The van der Waals surface area contributed by atoms with Crippen molar-refractivity contribution in [3.8, 4) is 0 Å². The summed E-state index contributed by atoms with van der Waals surface area (Å²) in [6, 6.07) is 12.1. The van der Waals surface area contributed by atoms with Crippen LogP contribution in [0.4, 0.5) is 0 Å². The lowest BCUT2D eigenvalue weighted by molar-refractivity contribution is 1.22. The minimum absolute atomic E-state index is 1.15. The van der Waals surface area contributed by atoms with Crippen molar-refractivity contribution >= 4 is 8.07 Å². The summed E-state index contributed by atoms with van der Waals surface area (Å²) in [7, 11) is -1.15. The maximum Gasteiger partial charge on any atom is 0.0756 e. The van der Waals surface area contributed by atoms with E-state index < -0.39 is 8.07 Å². The number of allylic oxidation sites excluding steroid dienone is 1. The molecule has 1 aromatic rings. The molecule has 1 aromatic carbocycles. The SMILES string of the molecule is CC/C=C/[Si](C)(C)Cc1ccccc1. The fraction of sp³-hybridized carbons (Fsp3) is 0.385. The Kier molecular flexibility index (Phi) is 4.14. The molecule has 0 N–H and O–H groups in total. The van der Waals surface area contributed by atoms with Gasteiger partial charge in [-0.05, 0) is 12.5 Å². The number of hydrogen-bond donors (Lipinski definition) is 0. The molecule has 0 heterocycles. The van der Waals surface area contributed by atoms with Crippen LogP contribution in [-0.2, 0) is 6.04 Å². The highest BCUT2D eigenvalue weighted by molar-refractivity contribution is 6.81. The molecule has 0 aliphatic carbocycles. The lowest BCUT2D eigenvalue weighted by Gasteiger charge is -2.17. The van der Waals surface area contributed by atoms with Gasteiger partial charge in [0.05, 0.1) is 8.07 Å². The summed E-state index contributed by atoms with van der Waals surface area (Å²) >= 11 is 0. The van der Waals surface area contributed by atoms with E-state index in [9.17, 15) is 0 Å². The molecule has 0 unspecified atom stereocenters. The van der Waals surface area contributed by atoms with Gasteiger partial charge in [-0.25, -0.2) is 0 Å². The maximum atomic E-state index is 2.46. The van der Waals surface area contributed by atoms with Gasteiger partial charge in [-0.15, -0.1) is 0 Å². The molecule has 0 fully saturated rings. The van der Waals surface area contributed by atoms with Crippen molar-refractivity contribution < 1.29 is 0 Å². The summed E-state index contributed by atoms with van der Waals surface area (Å²) in [5.74, 6) is 0. The van der Waals surface area contributed by atoms with Crippen LogP contribution in [0.3, 0.4) is 0 Å². The van der Waals surface area contributed by atoms with Gasteiger partial charge in [0.15, 0.2) is 0 Å². The fourth-order valence-corrected chi connectivity index (χ4v) is 3.90. The summed E-state index contributed by atoms with van der Waals surface area (Å²) in [6.45, 7) is 7.04. The third-order valence-corrected chi connectivity index (χ3v) is 4.76. The monoisotopic (exact) mass is 204 g/mol. The zero-order valence-corrected chi connectivity index (χ0v) is 10.5. The predicted octanol–water partition coefficient (Wildman–Crippen LogP) is 3.98. The van der Waals surface area contributed by atoms with E-state index >= 15 is 0 Å². The van der Waals surface area contributed by atoms with E-state index in [4.69, 9.17) is 0 Å². The molecule has 0 bridgehead atoms. The average molecular weight is 204 g/mol. The molecule has 1 heteroatoms. The summed E-state index contributed by atoms with van der Waals surface area (Å²) in [5, 5.41) is 0. The Morgan fingerprint density at radius 3 is 2.36 bits per heavy atom. The molecule has 0 radical (unpaired) electrons. The summed E-state index contributed by atoms with van der Waals surface area (Å²) in [6.07, 6.45) is 3.47. The third kappa shape index (κ3) is 3.92. The van der Waals surface area contributed by atoms with Crippen molar-refractivity contribution in [2.24, 2.45) is 0 Å². The normalized spacial score (nSPS) is 12.2. The molecule has 14 heavy (non-hydrogen) atoms. The van der Waals surface area contributed by atoms with Gasteiger partial charge in [0.1, 0.15) is 0 Å². The van der Waals surface area contributed by atoms with E-state index in [0.717, 1.165) is 6.42 Å². The second-order valence-electron chi connectivity index (χ2n) is 4.46. The highest BCUT2D eigenvalue weighted by Crippen LogP contribution is 2.13. The zero-order valence-electron chi connectivity index (χ0n) is 9.46. The van der Waals surface area contributed by atoms with Crippen LogP contribution in [0.15, 0.2) is 42.1 Å². The molecule has 0 saturated heterocycles. The largest absolute Gasteiger partial charge is 0.0983 e. The Balaban J connectivity index is 2.63. The molecule has 76 valence electrons. The molecular weight excluding hydrogens is 184 g/mol. The van der Waals surface area contributed by atoms with Gasteiger partial charge in [0.25, 0.3) is 0 Å². The minimum atomic E-state index is -1.15. The van der Waals surface area contributed by atoms with Crippen LogP contribution in [0.25, 0.3) is 0 Å². The number of rotatable bonds is 4. The van der Waals surface area contributed by atoms with Gasteiger partial charge < -0.3 is 0 Å². The van der Waals surface area contributed by atoms with Crippen molar-refractivity contribution in [1.29, 1.82) is 0 Å². The van der Waals surface area contributed by atoms with E-state index in [0.29, 0.717) is 0 Å². The van der Waals surface area contributed by atoms with Crippen molar-refractivity contribution in [3.63, 3.8) is 0 Å². The number of hydrogen-bond acceptors (Lipinski definition) is 0. The van der Waals surface area contributed by atoms with Crippen molar-refractivity contribution in [2.75, 3.05) is 0 Å². The quantitative estimate of drug-likeness (QED) is 0.651. The molecular formula is C13H20Si. The minimum Gasteiger partial charge on any atom is -0.0983 e. The van der Waals surface area contributed by atoms with Crippen LogP contribution < -0.4 is 0 Å². The highest BCUT2D eigenvalue weighted by atomic mass is 28.3. The summed E-state index contributed by atoms with van der Waals surface area (Å²) in [5.41, 5.74) is 3.94. The van der Waals surface area contributed by atoms with Gasteiger partial charge in [-0.1, -0.05) is 67.7 Å². The Labute approximate surface area is 88.7 Å². The third-order valence-electron chi connectivity index (χ3n) is 2.31. The van der Waals surface area contributed by atoms with Gasteiger partial charge in [-0.2, -0.15) is 0 Å². The predicted molar refractivity (Wildman–Crippen MR) is 67.1 cm³/mol. The van der Waals surface area contributed by atoms with Gasteiger partial charge in [0.2, 0.25) is 0 Å². The number of benzene rings is 1. The average Bonchev–Trinajstić information content (AvgIpc) is 2.16. The van der Waals surface area contributed by atoms with E-state index in [1.165, 1.54) is 11.6 Å². The lowest BCUT2D eigenvalue weighted by Crippen LogP contribution is -2.26. The molecule has 1 rings (SSSR count). The van der Waals surface area contributed by atoms with Gasteiger partial charge in [-0.3, -0.25) is 0 Å². The van der Waals surface area contributed by atoms with Crippen molar-refractivity contribution in [3.05, 3.63) is 47.7 Å². The second-order valence-corrected chi connectivity index (χ2v) is 9.13. The summed E-state index contributed by atoms with van der Waals surface area (Å²) in [4.78, 5) is 0. The first kappa shape index (κ1) is 11.3. The van der Waals surface area contributed by atoms with E-state index in [2.05, 4.69) is 62.1 Å². The fourth-order valence-electron chi connectivity index (χ4n) is 1.62. The standard InChI is InChI=1S/C13H20Si/c1-4-5-11-14(2,3)12-13-9-7-6-8-10-13/h5-11H,4,12H2,1-3H3/b11-5+. The molecule has 0 aliphatic heterocycles. The molecule has 0 nitrogen and oxygen atoms in total. The molecule has 0 amide bonds. The lowest BCUT2D eigenvalue weighted by atomic mass is 10.2. The first-order valence-corrected chi connectivity index (χ1v) is 8.64. The molecule has 0 aromatic heterocycles. The zero-order chi connectivity index (χ0) is 10.4. The smallest absolute Gasteiger partial charge is 0.0756 e. The Hall–Kier alpha value is -0.823.